The van der Waals surface area contributed by atoms with Gasteiger partial charge >= 0.3 is 0 Å². The van der Waals surface area contributed by atoms with Gasteiger partial charge in [0.05, 0.1) is 6.61 Å². The highest BCUT2D eigenvalue weighted by atomic mass is 35.5. The number of hydrogen-bond acceptors (Lipinski definition) is 5. The van der Waals surface area contributed by atoms with Crippen LogP contribution in [0, 0.1) is 0 Å². The van der Waals surface area contributed by atoms with Crippen LogP contribution < -0.4 is 15.8 Å². The van der Waals surface area contributed by atoms with Crippen molar-refractivity contribution < 1.29 is 9.53 Å². The molecule has 0 radical (unpaired) electrons. The third-order valence-corrected chi connectivity index (χ3v) is 3.39. The van der Waals surface area contributed by atoms with Crippen molar-refractivity contribution in [3.63, 3.8) is 0 Å². The summed E-state index contributed by atoms with van der Waals surface area (Å²) in [6.07, 6.45) is 0.942. The molecule has 21 heavy (non-hydrogen) atoms. The number of ether oxygens (including phenoxy) is 1. The van der Waals surface area contributed by atoms with Gasteiger partial charge in [-0.15, -0.1) is 23.7 Å². The molecule has 0 saturated heterocycles. The summed E-state index contributed by atoms with van der Waals surface area (Å²) in [5, 5.41) is 5.25. The highest BCUT2D eigenvalue weighted by Crippen LogP contribution is 2.18. The number of benzene rings is 1. The van der Waals surface area contributed by atoms with Gasteiger partial charge in [-0.1, -0.05) is 13.0 Å². The molecular weight excluding hydrogens is 310 g/mol. The molecule has 7 heteroatoms. The number of nitrogens with one attached hydrogen (secondary N) is 1. The van der Waals surface area contributed by atoms with Crippen LogP contribution in [0.25, 0.3) is 0 Å². The first-order valence-corrected chi connectivity index (χ1v) is 7.29. The molecule has 5 nitrogen and oxygen atoms in total. The van der Waals surface area contributed by atoms with Crippen LogP contribution in [0.2, 0.25) is 0 Å². The number of thiazole rings is 1. The molecule has 0 unspecified atom stereocenters. The molecule has 1 aromatic carbocycles. The minimum atomic E-state index is -0.242. The highest BCUT2D eigenvalue weighted by Gasteiger charge is 2.10. The maximum absolute atomic E-state index is 12.0. The SMILES string of the molecule is CCCOc1cccc(NC(=O)c2csc(CN)n2)c1.Cl. The van der Waals surface area contributed by atoms with Crippen molar-refractivity contribution in [1.29, 1.82) is 0 Å². The van der Waals surface area contributed by atoms with Gasteiger partial charge in [0.1, 0.15) is 16.5 Å². The molecule has 0 aliphatic heterocycles. The Morgan fingerprint density at radius 1 is 1.48 bits per heavy atom. The van der Waals surface area contributed by atoms with Crippen LogP contribution >= 0.6 is 23.7 Å². The Morgan fingerprint density at radius 2 is 2.29 bits per heavy atom. The smallest absolute Gasteiger partial charge is 0.275 e. The minimum absolute atomic E-state index is 0. The molecule has 0 bridgehead atoms. The fraction of sp³-hybridized carbons (Fsp3) is 0.286. The van der Waals surface area contributed by atoms with Crippen LogP contribution in [0.1, 0.15) is 28.8 Å². The quantitative estimate of drug-likeness (QED) is 0.854. The average Bonchev–Trinajstić information content (AvgIpc) is 2.94. The second kappa shape index (κ2) is 8.61. The molecule has 1 amide bonds. The van der Waals surface area contributed by atoms with E-state index in [-0.39, 0.29) is 18.3 Å². The Labute approximate surface area is 133 Å². The Kier molecular flexibility index (Phi) is 7.14. The second-order valence-electron chi connectivity index (χ2n) is 4.16. The summed E-state index contributed by atoms with van der Waals surface area (Å²) in [5.41, 5.74) is 6.55. The first kappa shape index (κ1) is 17.4. The normalized spacial score (nSPS) is 9.81. The van der Waals surface area contributed by atoms with Gasteiger partial charge in [-0.05, 0) is 18.6 Å². The van der Waals surface area contributed by atoms with Crippen molar-refractivity contribution in [3.05, 3.63) is 40.3 Å². The number of carbonyl (C=O) groups is 1. The summed E-state index contributed by atoms with van der Waals surface area (Å²) in [6, 6.07) is 7.31. The lowest BCUT2D eigenvalue weighted by Crippen LogP contribution is -2.12. The molecule has 0 spiro atoms. The van der Waals surface area contributed by atoms with E-state index in [2.05, 4.69) is 10.3 Å². The third kappa shape index (κ3) is 5.00. The van der Waals surface area contributed by atoms with Crippen molar-refractivity contribution >= 4 is 35.3 Å². The number of nitrogens with two attached hydrogens (primary N) is 1. The lowest BCUT2D eigenvalue weighted by Gasteiger charge is -2.07. The van der Waals surface area contributed by atoms with E-state index in [0.29, 0.717) is 24.5 Å². The van der Waals surface area contributed by atoms with Gasteiger partial charge < -0.3 is 15.8 Å². The van der Waals surface area contributed by atoms with Crippen LogP contribution in [0.3, 0.4) is 0 Å². The summed E-state index contributed by atoms with van der Waals surface area (Å²) >= 11 is 1.38. The van der Waals surface area contributed by atoms with Gasteiger partial charge in [0.25, 0.3) is 5.91 Å². The molecule has 0 saturated carbocycles. The lowest BCUT2D eigenvalue weighted by atomic mass is 10.3. The Bertz CT molecular complexity index is 589. The van der Waals surface area contributed by atoms with E-state index in [1.807, 2.05) is 25.1 Å². The standard InChI is InChI=1S/C14H17N3O2S.ClH/c1-2-6-19-11-5-3-4-10(7-11)16-14(18)12-9-20-13(8-15)17-12;/h3-5,7,9H,2,6,8,15H2,1H3,(H,16,18);1H. The predicted molar refractivity (Wildman–Crippen MR) is 87.4 cm³/mol. The zero-order chi connectivity index (χ0) is 14.4. The van der Waals surface area contributed by atoms with Gasteiger partial charge in [-0.25, -0.2) is 4.98 Å². The fourth-order valence-corrected chi connectivity index (χ4v) is 2.24. The van der Waals surface area contributed by atoms with Crippen molar-refractivity contribution in [2.24, 2.45) is 5.73 Å². The molecule has 1 heterocycles. The van der Waals surface area contributed by atoms with Crippen molar-refractivity contribution in [2.75, 3.05) is 11.9 Å². The van der Waals surface area contributed by atoms with Crippen LogP contribution in [-0.2, 0) is 6.54 Å². The molecule has 114 valence electrons. The summed E-state index contributed by atoms with van der Waals surface area (Å²) in [6.45, 7) is 3.05. The van der Waals surface area contributed by atoms with E-state index >= 15 is 0 Å². The number of anilines is 1. The number of rotatable bonds is 6. The lowest BCUT2D eigenvalue weighted by molar-refractivity contribution is 0.102. The topological polar surface area (TPSA) is 77.2 Å². The predicted octanol–water partition coefficient (Wildman–Crippen LogP) is 3.06. The summed E-state index contributed by atoms with van der Waals surface area (Å²) in [4.78, 5) is 16.2. The van der Waals surface area contributed by atoms with Crippen LogP contribution in [-0.4, -0.2) is 17.5 Å². The molecule has 2 aromatic rings. The van der Waals surface area contributed by atoms with Crippen LogP contribution in [0.5, 0.6) is 5.75 Å². The van der Waals surface area contributed by atoms with Crippen molar-refractivity contribution in [1.82, 2.24) is 4.98 Å². The van der Waals surface area contributed by atoms with Gasteiger partial charge in [0.15, 0.2) is 0 Å². The number of carbonyl (C=O) groups excluding carboxylic acids is 1. The first-order valence-electron chi connectivity index (χ1n) is 6.41. The Hall–Kier alpha value is -1.63. The van der Waals surface area contributed by atoms with Gasteiger partial charge in [0, 0.05) is 23.7 Å². The molecule has 0 fully saturated rings. The highest BCUT2D eigenvalue weighted by molar-refractivity contribution is 7.09. The van der Waals surface area contributed by atoms with Gasteiger partial charge in [-0.3, -0.25) is 4.79 Å². The zero-order valence-corrected chi connectivity index (χ0v) is 13.3. The monoisotopic (exact) mass is 327 g/mol. The Balaban J connectivity index is 0.00000220. The van der Waals surface area contributed by atoms with E-state index in [1.165, 1.54) is 11.3 Å². The molecule has 1 aromatic heterocycles. The molecule has 0 atom stereocenters. The number of nitrogens with zero attached hydrogens (tertiary/aromatic N) is 1. The van der Waals surface area contributed by atoms with E-state index in [0.717, 1.165) is 17.2 Å². The Morgan fingerprint density at radius 3 is 2.95 bits per heavy atom. The maximum atomic E-state index is 12.0. The number of amides is 1. The molecule has 3 N–H and O–H groups in total. The fourth-order valence-electron chi connectivity index (χ4n) is 1.59. The van der Waals surface area contributed by atoms with Crippen molar-refractivity contribution in [2.45, 2.75) is 19.9 Å². The number of hydrogen-bond donors (Lipinski definition) is 2. The second-order valence-corrected chi connectivity index (χ2v) is 5.10. The summed E-state index contributed by atoms with van der Waals surface area (Å²) in [5.74, 6) is 0.499. The zero-order valence-electron chi connectivity index (χ0n) is 11.7. The van der Waals surface area contributed by atoms with E-state index in [4.69, 9.17) is 10.5 Å². The van der Waals surface area contributed by atoms with E-state index in [1.54, 1.807) is 11.4 Å². The molecule has 0 aliphatic rings. The minimum Gasteiger partial charge on any atom is -0.494 e. The van der Waals surface area contributed by atoms with E-state index < -0.39 is 0 Å². The molecular formula is C14H18ClN3O2S. The van der Waals surface area contributed by atoms with Gasteiger partial charge in [-0.2, -0.15) is 0 Å². The van der Waals surface area contributed by atoms with Gasteiger partial charge in [0.2, 0.25) is 0 Å². The van der Waals surface area contributed by atoms with Crippen LogP contribution in [0.15, 0.2) is 29.6 Å². The van der Waals surface area contributed by atoms with Crippen molar-refractivity contribution in [3.8, 4) is 5.75 Å². The molecule has 2 rings (SSSR count). The summed E-state index contributed by atoms with van der Waals surface area (Å²) in [7, 11) is 0. The maximum Gasteiger partial charge on any atom is 0.275 e. The summed E-state index contributed by atoms with van der Waals surface area (Å²) < 4.78 is 5.52. The van der Waals surface area contributed by atoms with E-state index in [9.17, 15) is 4.79 Å². The number of halogens is 1. The number of aromatic nitrogens is 1. The van der Waals surface area contributed by atoms with Crippen LogP contribution in [0.4, 0.5) is 5.69 Å². The first-order chi connectivity index (χ1) is 9.72. The third-order valence-electron chi connectivity index (χ3n) is 2.52. The molecule has 0 aliphatic carbocycles. The largest absolute Gasteiger partial charge is 0.494 e. The average molecular weight is 328 g/mol.